The minimum Gasteiger partial charge on any atom is -0.486 e. The molecule has 2 N–H and O–H groups in total. The van der Waals surface area contributed by atoms with Crippen molar-refractivity contribution < 1.29 is 9.66 Å². The van der Waals surface area contributed by atoms with E-state index in [1.807, 2.05) is 0 Å². The second-order valence-corrected chi connectivity index (χ2v) is 3.71. The number of benzene rings is 1. The lowest BCUT2D eigenvalue weighted by atomic mass is 10.2. The van der Waals surface area contributed by atoms with Gasteiger partial charge in [0.05, 0.1) is 11.5 Å². The highest BCUT2D eigenvalue weighted by molar-refractivity contribution is 5.65. The Morgan fingerprint density at radius 1 is 1.53 bits per heavy atom. The molecule has 0 spiro atoms. The zero-order chi connectivity index (χ0) is 10.8. The van der Waals surface area contributed by atoms with Crippen LogP contribution in [0.25, 0.3) is 0 Å². The van der Waals surface area contributed by atoms with E-state index in [0.29, 0.717) is 12.5 Å². The van der Waals surface area contributed by atoms with Crippen molar-refractivity contribution >= 4 is 11.4 Å². The number of hydrogen-bond acceptors (Lipinski definition) is 4. The van der Waals surface area contributed by atoms with E-state index in [-0.39, 0.29) is 17.1 Å². The van der Waals surface area contributed by atoms with Gasteiger partial charge in [-0.15, -0.1) is 0 Å². The summed E-state index contributed by atoms with van der Waals surface area (Å²) in [5.74, 6) is 0.831. The number of nitrogens with two attached hydrogens (primary N) is 1. The molecule has 1 aliphatic rings. The smallest absolute Gasteiger partial charge is 0.333 e. The number of hydrogen-bond donors (Lipinski definition) is 1. The van der Waals surface area contributed by atoms with E-state index >= 15 is 0 Å². The molecular formula is C10H12N2O3. The SMILES string of the molecule is Nc1cccc(OCC2CC2)c1[N+](=O)[O-]. The molecular weight excluding hydrogens is 196 g/mol. The fraction of sp³-hybridized carbons (Fsp3) is 0.400. The molecule has 80 valence electrons. The number of nitrogens with zero attached hydrogens (tertiary/aromatic N) is 1. The topological polar surface area (TPSA) is 78.4 Å². The molecule has 5 nitrogen and oxygen atoms in total. The molecule has 1 saturated carbocycles. The van der Waals surface area contributed by atoms with Gasteiger partial charge in [-0.3, -0.25) is 10.1 Å². The fourth-order valence-corrected chi connectivity index (χ4v) is 1.34. The maximum atomic E-state index is 10.7. The van der Waals surface area contributed by atoms with E-state index in [1.165, 1.54) is 6.07 Å². The van der Waals surface area contributed by atoms with Gasteiger partial charge in [-0.05, 0) is 30.9 Å². The first-order chi connectivity index (χ1) is 7.18. The molecule has 1 aromatic carbocycles. The largest absolute Gasteiger partial charge is 0.486 e. The molecule has 1 fully saturated rings. The maximum Gasteiger partial charge on any atom is 0.333 e. The van der Waals surface area contributed by atoms with Crippen molar-refractivity contribution in [3.05, 3.63) is 28.3 Å². The van der Waals surface area contributed by atoms with Crippen LogP contribution in [0, 0.1) is 16.0 Å². The van der Waals surface area contributed by atoms with Gasteiger partial charge in [0.1, 0.15) is 5.69 Å². The Hall–Kier alpha value is -1.78. The standard InChI is InChI=1S/C10H12N2O3/c11-8-2-1-3-9(10(8)12(13)14)15-6-7-4-5-7/h1-3,7H,4-6,11H2. The highest BCUT2D eigenvalue weighted by Crippen LogP contribution is 2.35. The molecule has 0 amide bonds. The van der Waals surface area contributed by atoms with Crippen molar-refractivity contribution in [3.8, 4) is 5.75 Å². The second kappa shape index (κ2) is 3.76. The van der Waals surface area contributed by atoms with Crippen LogP contribution >= 0.6 is 0 Å². The van der Waals surface area contributed by atoms with Crippen LogP contribution < -0.4 is 10.5 Å². The molecule has 0 atom stereocenters. The Labute approximate surface area is 87.0 Å². The van der Waals surface area contributed by atoms with Gasteiger partial charge in [0, 0.05) is 0 Å². The first kappa shape index (κ1) is 9.76. The first-order valence-corrected chi connectivity index (χ1v) is 4.84. The number of nitro groups is 1. The zero-order valence-corrected chi connectivity index (χ0v) is 8.18. The Balaban J connectivity index is 2.19. The van der Waals surface area contributed by atoms with Crippen LogP contribution in [0.15, 0.2) is 18.2 Å². The minimum atomic E-state index is -0.502. The summed E-state index contributed by atoms with van der Waals surface area (Å²) in [6.45, 7) is 0.546. The van der Waals surface area contributed by atoms with E-state index in [1.54, 1.807) is 12.1 Å². The van der Waals surface area contributed by atoms with Crippen molar-refractivity contribution in [1.82, 2.24) is 0 Å². The molecule has 0 radical (unpaired) electrons. The lowest BCUT2D eigenvalue weighted by Gasteiger charge is -2.06. The molecule has 0 unspecified atom stereocenters. The summed E-state index contributed by atoms with van der Waals surface area (Å²) in [5, 5.41) is 10.7. The van der Waals surface area contributed by atoms with Crippen molar-refractivity contribution in [2.24, 2.45) is 5.92 Å². The number of para-hydroxylation sites is 1. The van der Waals surface area contributed by atoms with Crippen molar-refractivity contribution in [1.29, 1.82) is 0 Å². The van der Waals surface area contributed by atoms with Crippen LogP contribution in [-0.4, -0.2) is 11.5 Å². The van der Waals surface area contributed by atoms with Crippen molar-refractivity contribution in [2.75, 3.05) is 12.3 Å². The number of ether oxygens (including phenoxy) is 1. The average Bonchev–Trinajstić information content (AvgIpc) is 2.97. The minimum absolute atomic E-state index is 0.127. The summed E-state index contributed by atoms with van der Waals surface area (Å²) in [6.07, 6.45) is 2.30. The highest BCUT2D eigenvalue weighted by Gasteiger charge is 2.25. The van der Waals surface area contributed by atoms with Gasteiger partial charge in [0.2, 0.25) is 0 Å². The summed E-state index contributed by atoms with van der Waals surface area (Å²) >= 11 is 0. The number of anilines is 1. The van der Waals surface area contributed by atoms with Crippen LogP contribution in [0.2, 0.25) is 0 Å². The quantitative estimate of drug-likeness (QED) is 0.466. The Morgan fingerprint density at radius 2 is 2.27 bits per heavy atom. The predicted octanol–water partition coefficient (Wildman–Crippen LogP) is 1.97. The van der Waals surface area contributed by atoms with Crippen LogP contribution in [0.4, 0.5) is 11.4 Å². The number of rotatable bonds is 4. The maximum absolute atomic E-state index is 10.7. The van der Waals surface area contributed by atoms with Crippen LogP contribution in [0.5, 0.6) is 5.75 Å². The van der Waals surface area contributed by atoms with Crippen molar-refractivity contribution in [2.45, 2.75) is 12.8 Å². The molecule has 15 heavy (non-hydrogen) atoms. The van der Waals surface area contributed by atoms with Gasteiger partial charge in [0.25, 0.3) is 0 Å². The number of nitrogen functional groups attached to an aromatic ring is 1. The van der Waals surface area contributed by atoms with Gasteiger partial charge < -0.3 is 10.5 Å². The Bertz CT molecular complexity index is 388. The molecule has 1 aliphatic carbocycles. The van der Waals surface area contributed by atoms with E-state index in [9.17, 15) is 10.1 Å². The van der Waals surface area contributed by atoms with E-state index in [2.05, 4.69) is 0 Å². The summed E-state index contributed by atoms with van der Waals surface area (Å²) in [4.78, 5) is 10.2. The second-order valence-electron chi connectivity index (χ2n) is 3.71. The zero-order valence-electron chi connectivity index (χ0n) is 8.18. The molecule has 0 heterocycles. The third-order valence-electron chi connectivity index (χ3n) is 2.38. The third kappa shape index (κ3) is 2.18. The van der Waals surface area contributed by atoms with Crippen LogP contribution in [0.3, 0.4) is 0 Å². The van der Waals surface area contributed by atoms with Gasteiger partial charge in [-0.1, -0.05) is 6.07 Å². The van der Waals surface area contributed by atoms with Gasteiger partial charge in [0.15, 0.2) is 5.75 Å². The lowest BCUT2D eigenvalue weighted by Crippen LogP contribution is -2.03. The molecule has 0 saturated heterocycles. The molecule has 0 bridgehead atoms. The third-order valence-corrected chi connectivity index (χ3v) is 2.38. The van der Waals surface area contributed by atoms with Gasteiger partial charge >= 0.3 is 5.69 Å². The molecule has 0 aromatic heterocycles. The van der Waals surface area contributed by atoms with E-state index in [0.717, 1.165) is 12.8 Å². The average molecular weight is 208 g/mol. The van der Waals surface area contributed by atoms with E-state index < -0.39 is 4.92 Å². The summed E-state index contributed by atoms with van der Waals surface area (Å²) in [7, 11) is 0. The van der Waals surface area contributed by atoms with Gasteiger partial charge in [-0.2, -0.15) is 0 Å². The summed E-state index contributed by atoms with van der Waals surface area (Å²) in [5.41, 5.74) is 5.54. The predicted molar refractivity (Wildman–Crippen MR) is 55.7 cm³/mol. The fourth-order valence-electron chi connectivity index (χ4n) is 1.34. The van der Waals surface area contributed by atoms with Gasteiger partial charge in [-0.25, -0.2) is 0 Å². The van der Waals surface area contributed by atoms with Crippen molar-refractivity contribution in [3.63, 3.8) is 0 Å². The molecule has 0 aliphatic heterocycles. The number of nitro benzene ring substituents is 1. The van der Waals surface area contributed by atoms with Crippen LogP contribution in [0.1, 0.15) is 12.8 Å². The monoisotopic (exact) mass is 208 g/mol. The van der Waals surface area contributed by atoms with Crippen LogP contribution in [-0.2, 0) is 0 Å². The lowest BCUT2D eigenvalue weighted by molar-refractivity contribution is -0.384. The molecule has 2 rings (SSSR count). The Kier molecular flexibility index (Phi) is 2.45. The first-order valence-electron chi connectivity index (χ1n) is 4.84. The Morgan fingerprint density at radius 3 is 2.87 bits per heavy atom. The molecule has 1 aromatic rings. The molecule has 5 heteroatoms. The summed E-state index contributed by atoms with van der Waals surface area (Å²) in [6, 6.07) is 4.74. The summed E-state index contributed by atoms with van der Waals surface area (Å²) < 4.78 is 5.38. The highest BCUT2D eigenvalue weighted by atomic mass is 16.6. The normalized spacial score (nSPS) is 14.9. The van der Waals surface area contributed by atoms with E-state index in [4.69, 9.17) is 10.5 Å².